The van der Waals surface area contributed by atoms with E-state index in [0.29, 0.717) is 0 Å². The van der Waals surface area contributed by atoms with Gasteiger partial charge in [-0.1, -0.05) is 6.07 Å². The van der Waals surface area contributed by atoms with Gasteiger partial charge < -0.3 is 9.80 Å². The molecule has 104 valence electrons. The Bertz CT molecular complexity index is 412. The number of anilines is 1. The van der Waals surface area contributed by atoms with E-state index >= 15 is 0 Å². The fraction of sp³-hybridized carbons (Fsp3) is 0.688. The van der Waals surface area contributed by atoms with Gasteiger partial charge in [-0.3, -0.25) is 0 Å². The quantitative estimate of drug-likeness (QED) is 0.832. The fourth-order valence-corrected chi connectivity index (χ4v) is 3.55. The maximum absolute atomic E-state index is 4.58. The Balaban J connectivity index is 1.62. The molecule has 3 heteroatoms. The van der Waals surface area contributed by atoms with Crippen LogP contribution in [0.3, 0.4) is 0 Å². The summed E-state index contributed by atoms with van der Waals surface area (Å²) in [5.41, 5.74) is 1.31. The van der Waals surface area contributed by atoms with Crippen LogP contribution in [0.1, 0.15) is 31.2 Å². The fourth-order valence-electron chi connectivity index (χ4n) is 3.55. The first kappa shape index (κ1) is 12.9. The largest absolute Gasteiger partial charge is 0.356 e. The van der Waals surface area contributed by atoms with Crippen molar-refractivity contribution in [1.29, 1.82) is 0 Å². The van der Waals surface area contributed by atoms with E-state index in [9.17, 15) is 0 Å². The van der Waals surface area contributed by atoms with Crippen LogP contribution in [0.5, 0.6) is 0 Å². The zero-order valence-corrected chi connectivity index (χ0v) is 12.0. The van der Waals surface area contributed by atoms with Crippen molar-refractivity contribution in [2.75, 3.05) is 37.6 Å². The standard InChI is InChI=1S/C16H25N3/c1-14-6-4-8-17-16(14)19-11-5-7-15(13-19)12-18-9-2-3-10-18/h4,6,8,15H,2-3,5,7,9-13H2,1H3. The molecule has 3 rings (SSSR count). The topological polar surface area (TPSA) is 19.4 Å². The second kappa shape index (κ2) is 5.91. The average Bonchev–Trinajstić information content (AvgIpc) is 2.92. The summed E-state index contributed by atoms with van der Waals surface area (Å²) < 4.78 is 0. The van der Waals surface area contributed by atoms with Gasteiger partial charge in [0.2, 0.25) is 0 Å². The molecule has 0 N–H and O–H groups in total. The van der Waals surface area contributed by atoms with Gasteiger partial charge in [0.05, 0.1) is 0 Å². The van der Waals surface area contributed by atoms with Crippen LogP contribution in [0.15, 0.2) is 18.3 Å². The summed E-state index contributed by atoms with van der Waals surface area (Å²) in [5, 5.41) is 0. The van der Waals surface area contributed by atoms with Gasteiger partial charge in [-0.2, -0.15) is 0 Å². The van der Waals surface area contributed by atoms with Crippen LogP contribution in [0, 0.1) is 12.8 Å². The van der Waals surface area contributed by atoms with Crippen molar-refractivity contribution in [1.82, 2.24) is 9.88 Å². The molecule has 1 atom stereocenters. The molecule has 1 aromatic heterocycles. The molecule has 0 amide bonds. The monoisotopic (exact) mass is 259 g/mol. The second-order valence-electron chi connectivity index (χ2n) is 6.11. The van der Waals surface area contributed by atoms with E-state index in [0.717, 1.165) is 5.92 Å². The normalized spacial score (nSPS) is 24.9. The van der Waals surface area contributed by atoms with Crippen molar-refractivity contribution >= 4 is 5.82 Å². The van der Waals surface area contributed by atoms with Crippen LogP contribution in [0.2, 0.25) is 0 Å². The first-order valence-corrected chi connectivity index (χ1v) is 7.72. The predicted octanol–water partition coefficient (Wildman–Crippen LogP) is 2.70. The first-order chi connectivity index (χ1) is 9.33. The van der Waals surface area contributed by atoms with Gasteiger partial charge in [0, 0.05) is 25.8 Å². The maximum Gasteiger partial charge on any atom is 0.131 e. The molecular formula is C16H25N3. The van der Waals surface area contributed by atoms with Crippen LogP contribution < -0.4 is 4.90 Å². The van der Waals surface area contributed by atoms with E-state index in [4.69, 9.17) is 0 Å². The minimum atomic E-state index is 0.827. The van der Waals surface area contributed by atoms with Crippen LogP contribution in [0.4, 0.5) is 5.82 Å². The number of nitrogens with zero attached hydrogens (tertiary/aromatic N) is 3. The highest BCUT2D eigenvalue weighted by Gasteiger charge is 2.24. The van der Waals surface area contributed by atoms with E-state index < -0.39 is 0 Å². The highest BCUT2D eigenvalue weighted by Crippen LogP contribution is 2.25. The number of rotatable bonds is 3. The van der Waals surface area contributed by atoms with Crippen molar-refractivity contribution < 1.29 is 0 Å². The van der Waals surface area contributed by atoms with Crippen molar-refractivity contribution in [3.8, 4) is 0 Å². The zero-order valence-electron chi connectivity index (χ0n) is 12.0. The Kier molecular flexibility index (Phi) is 4.02. The number of aryl methyl sites for hydroxylation is 1. The van der Waals surface area contributed by atoms with Crippen LogP contribution >= 0.6 is 0 Å². The van der Waals surface area contributed by atoms with Gasteiger partial charge in [0.25, 0.3) is 0 Å². The van der Waals surface area contributed by atoms with Gasteiger partial charge in [0.15, 0.2) is 0 Å². The molecule has 0 spiro atoms. The van der Waals surface area contributed by atoms with Crippen molar-refractivity contribution in [3.05, 3.63) is 23.9 Å². The number of hydrogen-bond acceptors (Lipinski definition) is 3. The highest BCUT2D eigenvalue weighted by atomic mass is 15.2. The molecular weight excluding hydrogens is 234 g/mol. The SMILES string of the molecule is Cc1cccnc1N1CCCC(CN2CCCC2)C1. The van der Waals surface area contributed by atoms with E-state index in [1.807, 2.05) is 12.3 Å². The zero-order chi connectivity index (χ0) is 13.1. The molecule has 0 radical (unpaired) electrons. The van der Waals surface area contributed by atoms with Gasteiger partial charge in [-0.25, -0.2) is 4.98 Å². The second-order valence-corrected chi connectivity index (χ2v) is 6.11. The third-order valence-electron chi connectivity index (χ3n) is 4.52. The average molecular weight is 259 g/mol. The molecule has 0 aromatic carbocycles. The summed E-state index contributed by atoms with van der Waals surface area (Å²) in [6.45, 7) is 8.47. The molecule has 1 unspecified atom stereocenters. The number of hydrogen-bond donors (Lipinski definition) is 0. The summed E-state index contributed by atoms with van der Waals surface area (Å²) in [7, 11) is 0. The Labute approximate surface area is 116 Å². The van der Waals surface area contributed by atoms with Gasteiger partial charge in [-0.15, -0.1) is 0 Å². The lowest BCUT2D eigenvalue weighted by Gasteiger charge is -2.36. The van der Waals surface area contributed by atoms with Gasteiger partial charge >= 0.3 is 0 Å². The van der Waals surface area contributed by atoms with Crippen molar-refractivity contribution in [3.63, 3.8) is 0 Å². The van der Waals surface area contributed by atoms with Crippen LogP contribution in [-0.4, -0.2) is 42.6 Å². The smallest absolute Gasteiger partial charge is 0.131 e. The highest BCUT2D eigenvalue weighted by molar-refractivity contribution is 5.46. The molecule has 0 saturated carbocycles. The number of likely N-dealkylation sites (tertiary alicyclic amines) is 1. The minimum Gasteiger partial charge on any atom is -0.356 e. The molecule has 1 aromatic rings. The van der Waals surface area contributed by atoms with Crippen LogP contribution in [-0.2, 0) is 0 Å². The summed E-state index contributed by atoms with van der Waals surface area (Å²) in [4.78, 5) is 9.73. The molecule has 3 nitrogen and oxygen atoms in total. The molecule has 0 bridgehead atoms. The third-order valence-corrected chi connectivity index (χ3v) is 4.52. The molecule has 2 aliphatic heterocycles. The van der Waals surface area contributed by atoms with E-state index in [-0.39, 0.29) is 0 Å². The van der Waals surface area contributed by atoms with E-state index in [2.05, 4.69) is 27.8 Å². The summed E-state index contributed by atoms with van der Waals surface area (Å²) in [6, 6.07) is 4.21. The minimum absolute atomic E-state index is 0.827. The van der Waals surface area contributed by atoms with E-state index in [1.165, 1.54) is 69.8 Å². The summed E-state index contributed by atoms with van der Waals surface area (Å²) >= 11 is 0. The Morgan fingerprint density at radius 1 is 1.21 bits per heavy atom. The van der Waals surface area contributed by atoms with Crippen LogP contribution in [0.25, 0.3) is 0 Å². The number of pyridine rings is 1. The lowest BCUT2D eigenvalue weighted by Crippen LogP contribution is -2.41. The summed E-state index contributed by atoms with van der Waals surface area (Å²) in [5.74, 6) is 2.03. The van der Waals surface area contributed by atoms with Gasteiger partial charge in [-0.05, 0) is 63.2 Å². The molecule has 2 aliphatic rings. The Morgan fingerprint density at radius 3 is 2.84 bits per heavy atom. The van der Waals surface area contributed by atoms with Crippen molar-refractivity contribution in [2.45, 2.75) is 32.6 Å². The Morgan fingerprint density at radius 2 is 2.05 bits per heavy atom. The molecule has 3 heterocycles. The number of aromatic nitrogens is 1. The Hall–Kier alpha value is -1.09. The van der Waals surface area contributed by atoms with Gasteiger partial charge in [0.1, 0.15) is 5.82 Å². The molecule has 2 fully saturated rings. The number of piperidine rings is 1. The molecule has 0 aliphatic carbocycles. The lowest BCUT2D eigenvalue weighted by atomic mass is 9.97. The van der Waals surface area contributed by atoms with E-state index in [1.54, 1.807) is 0 Å². The van der Waals surface area contributed by atoms with Crippen molar-refractivity contribution in [2.24, 2.45) is 5.92 Å². The molecule has 19 heavy (non-hydrogen) atoms. The first-order valence-electron chi connectivity index (χ1n) is 7.72. The molecule has 2 saturated heterocycles. The predicted molar refractivity (Wildman–Crippen MR) is 79.6 cm³/mol. The third kappa shape index (κ3) is 3.08. The maximum atomic E-state index is 4.58. The summed E-state index contributed by atoms with van der Waals surface area (Å²) in [6.07, 6.45) is 7.42. The lowest BCUT2D eigenvalue weighted by molar-refractivity contribution is 0.255.